The zero-order chi connectivity index (χ0) is 14.4. The van der Waals surface area contributed by atoms with Crippen LogP contribution in [-0.2, 0) is 4.74 Å². The Kier molecular flexibility index (Phi) is 5.63. The van der Waals surface area contributed by atoms with Crippen LogP contribution >= 0.6 is 0 Å². The molecule has 0 aliphatic heterocycles. The van der Waals surface area contributed by atoms with Crippen molar-refractivity contribution in [3.8, 4) is 0 Å². The largest absolute Gasteiger partial charge is 0.399 e. The van der Waals surface area contributed by atoms with Gasteiger partial charge >= 0.3 is 0 Å². The number of hydrogen-bond acceptors (Lipinski definition) is 4. The van der Waals surface area contributed by atoms with Crippen LogP contribution in [0.1, 0.15) is 16.8 Å². The summed E-state index contributed by atoms with van der Waals surface area (Å²) in [6, 6.07) is 5.37. The van der Waals surface area contributed by atoms with Gasteiger partial charge in [0.05, 0.1) is 11.3 Å². The summed E-state index contributed by atoms with van der Waals surface area (Å²) in [5.41, 5.74) is 8.00. The van der Waals surface area contributed by atoms with E-state index in [0.717, 1.165) is 18.7 Å². The lowest BCUT2D eigenvalue weighted by Gasteiger charge is -2.23. The van der Waals surface area contributed by atoms with Crippen LogP contribution in [0.2, 0.25) is 0 Å². The minimum atomic E-state index is -0.0198. The number of methoxy groups -OCH3 is 1. The van der Waals surface area contributed by atoms with Crippen molar-refractivity contribution < 1.29 is 9.53 Å². The molecule has 19 heavy (non-hydrogen) atoms. The maximum Gasteiger partial charge on any atom is 0.255 e. The lowest BCUT2D eigenvalue weighted by Crippen LogP contribution is -2.27. The van der Waals surface area contributed by atoms with Gasteiger partial charge in [0, 0.05) is 47.1 Å². The fraction of sp³-hybridized carbons (Fsp3) is 0.500. The molecule has 0 saturated carbocycles. The van der Waals surface area contributed by atoms with E-state index in [9.17, 15) is 4.79 Å². The van der Waals surface area contributed by atoms with E-state index < -0.39 is 0 Å². The average Bonchev–Trinajstić information content (AvgIpc) is 2.37. The number of benzene rings is 1. The summed E-state index contributed by atoms with van der Waals surface area (Å²) in [4.78, 5) is 15.7. The summed E-state index contributed by atoms with van der Waals surface area (Å²) >= 11 is 0. The van der Waals surface area contributed by atoms with Crippen molar-refractivity contribution >= 4 is 17.3 Å². The third-order valence-corrected chi connectivity index (χ3v) is 2.91. The average molecular weight is 265 g/mol. The van der Waals surface area contributed by atoms with Crippen LogP contribution in [0.5, 0.6) is 0 Å². The molecule has 5 heteroatoms. The number of anilines is 2. The maximum absolute atomic E-state index is 12.1. The van der Waals surface area contributed by atoms with Crippen LogP contribution in [0.15, 0.2) is 18.2 Å². The minimum Gasteiger partial charge on any atom is -0.399 e. The molecule has 1 aromatic rings. The van der Waals surface area contributed by atoms with Gasteiger partial charge in [-0.05, 0) is 24.6 Å². The van der Waals surface area contributed by atoms with Gasteiger partial charge in [0.25, 0.3) is 5.91 Å². The Morgan fingerprint density at radius 2 is 2.00 bits per heavy atom. The van der Waals surface area contributed by atoms with Gasteiger partial charge in [-0.25, -0.2) is 0 Å². The molecule has 0 saturated heterocycles. The number of rotatable bonds is 6. The SMILES string of the molecule is COCCCN(C)c1cc(N)ccc1C(=O)N(C)C. The van der Waals surface area contributed by atoms with E-state index in [4.69, 9.17) is 10.5 Å². The molecule has 106 valence electrons. The molecule has 5 nitrogen and oxygen atoms in total. The van der Waals surface area contributed by atoms with Gasteiger partial charge < -0.3 is 20.3 Å². The highest BCUT2D eigenvalue weighted by molar-refractivity contribution is 6.00. The summed E-state index contributed by atoms with van der Waals surface area (Å²) < 4.78 is 5.04. The highest BCUT2D eigenvalue weighted by Gasteiger charge is 2.16. The van der Waals surface area contributed by atoms with Crippen LogP contribution < -0.4 is 10.6 Å². The predicted octanol–water partition coefficient (Wildman–Crippen LogP) is 1.44. The first-order chi connectivity index (χ1) is 8.97. The number of carbonyl (C=O) groups is 1. The van der Waals surface area contributed by atoms with Crippen LogP contribution in [0.4, 0.5) is 11.4 Å². The van der Waals surface area contributed by atoms with Gasteiger partial charge in [-0.1, -0.05) is 0 Å². The molecular weight excluding hydrogens is 242 g/mol. The zero-order valence-corrected chi connectivity index (χ0v) is 12.1. The summed E-state index contributed by atoms with van der Waals surface area (Å²) in [5.74, 6) is -0.0198. The fourth-order valence-electron chi connectivity index (χ4n) is 1.85. The van der Waals surface area contributed by atoms with Gasteiger partial charge in [0.1, 0.15) is 0 Å². The Balaban J connectivity index is 2.96. The van der Waals surface area contributed by atoms with E-state index in [1.165, 1.54) is 0 Å². The van der Waals surface area contributed by atoms with E-state index in [0.29, 0.717) is 17.9 Å². The molecule has 0 atom stereocenters. The molecule has 0 unspecified atom stereocenters. The van der Waals surface area contributed by atoms with E-state index in [-0.39, 0.29) is 5.91 Å². The quantitative estimate of drug-likeness (QED) is 0.624. The molecule has 0 aromatic heterocycles. The van der Waals surface area contributed by atoms with E-state index in [1.807, 2.05) is 18.0 Å². The summed E-state index contributed by atoms with van der Waals surface area (Å²) in [5, 5.41) is 0. The van der Waals surface area contributed by atoms with Crippen LogP contribution in [-0.4, -0.2) is 52.2 Å². The van der Waals surface area contributed by atoms with Crippen molar-refractivity contribution in [1.82, 2.24) is 4.90 Å². The normalized spacial score (nSPS) is 10.3. The van der Waals surface area contributed by atoms with Gasteiger partial charge in [-0.15, -0.1) is 0 Å². The third kappa shape index (κ3) is 4.13. The number of carbonyl (C=O) groups excluding carboxylic acids is 1. The molecule has 2 N–H and O–H groups in total. The number of nitrogens with zero attached hydrogens (tertiary/aromatic N) is 2. The number of ether oxygens (including phenoxy) is 1. The van der Waals surface area contributed by atoms with Crippen molar-refractivity contribution in [2.75, 3.05) is 52.0 Å². The number of hydrogen-bond donors (Lipinski definition) is 1. The molecule has 0 bridgehead atoms. The fourth-order valence-corrected chi connectivity index (χ4v) is 1.85. The monoisotopic (exact) mass is 265 g/mol. The Hall–Kier alpha value is -1.75. The van der Waals surface area contributed by atoms with E-state index in [1.54, 1.807) is 38.2 Å². The predicted molar refractivity (Wildman–Crippen MR) is 78.6 cm³/mol. The van der Waals surface area contributed by atoms with Crippen molar-refractivity contribution in [3.63, 3.8) is 0 Å². The molecule has 0 spiro atoms. The Morgan fingerprint density at radius 3 is 2.58 bits per heavy atom. The van der Waals surface area contributed by atoms with E-state index >= 15 is 0 Å². The van der Waals surface area contributed by atoms with Gasteiger partial charge in [-0.2, -0.15) is 0 Å². The molecule has 0 aliphatic carbocycles. The molecule has 1 rings (SSSR count). The first kappa shape index (κ1) is 15.3. The summed E-state index contributed by atoms with van der Waals surface area (Å²) in [6.07, 6.45) is 0.900. The van der Waals surface area contributed by atoms with Crippen molar-refractivity contribution in [3.05, 3.63) is 23.8 Å². The van der Waals surface area contributed by atoms with E-state index in [2.05, 4.69) is 0 Å². The first-order valence-corrected chi connectivity index (χ1v) is 6.28. The van der Waals surface area contributed by atoms with Crippen LogP contribution in [0.3, 0.4) is 0 Å². The Labute approximate surface area is 114 Å². The number of nitrogens with two attached hydrogens (primary N) is 1. The lowest BCUT2D eigenvalue weighted by molar-refractivity contribution is 0.0828. The summed E-state index contributed by atoms with van der Waals surface area (Å²) in [7, 11) is 7.12. The second-order valence-electron chi connectivity index (χ2n) is 4.74. The molecule has 0 fully saturated rings. The Bertz CT molecular complexity index is 433. The standard InChI is InChI=1S/C14H23N3O2/c1-16(2)14(18)12-7-6-11(15)10-13(12)17(3)8-5-9-19-4/h6-7,10H,5,8-9,15H2,1-4H3. The van der Waals surface area contributed by atoms with Crippen LogP contribution in [0, 0.1) is 0 Å². The second-order valence-corrected chi connectivity index (χ2v) is 4.74. The molecule has 1 amide bonds. The second kappa shape index (κ2) is 6.99. The highest BCUT2D eigenvalue weighted by Crippen LogP contribution is 2.24. The summed E-state index contributed by atoms with van der Waals surface area (Å²) in [6.45, 7) is 1.51. The molecule has 1 aromatic carbocycles. The Morgan fingerprint density at radius 1 is 1.32 bits per heavy atom. The molecule has 0 radical (unpaired) electrons. The number of amides is 1. The maximum atomic E-state index is 12.1. The topological polar surface area (TPSA) is 58.8 Å². The van der Waals surface area contributed by atoms with Crippen molar-refractivity contribution in [2.45, 2.75) is 6.42 Å². The third-order valence-electron chi connectivity index (χ3n) is 2.91. The van der Waals surface area contributed by atoms with Gasteiger partial charge in [-0.3, -0.25) is 4.79 Å². The number of nitrogen functional groups attached to an aromatic ring is 1. The van der Waals surface area contributed by atoms with Crippen LogP contribution in [0.25, 0.3) is 0 Å². The van der Waals surface area contributed by atoms with Crippen molar-refractivity contribution in [1.29, 1.82) is 0 Å². The molecule has 0 heterocycles. The van der Waals surface area contributed by atoms with Crippen molar-refractivity contribution in [2.24, 2.45) is 0 Å². The highest BCUT2D eigenvalue weighted by atomic mass is 16.5. The minimum absolute atomic E-state index is 0.0198. The smallest absolute Gasteiger partial charge is 0.255 e. The first-order valence-electron chi connectivity index (χ1n) is 6.28. The zero-order valence-electron chi connectivity index (χ0n) is 12.1. The van der Waals surface area contributed by atoms with Gasteiger partial charge in [0.2, 0.25) is 0 Å². The molecular formula is C14H23N3O2. The molecule has 0 aliphatic rings. The van der Waals surface area contributed by atoms with Gasteiger partial charge in [0.15, 0.2) is 0 Å². The lowest BCUT2D eigenvalue weighted by atomic mass is 10.1.